The van der Waals surface area contributed by atoms with Gasteiger partial charge in [-0.2, -0.15) is 0 Å². The predicted molar refractivity (Wildman–Crippen MR) is 84.1 cm³/mol. The molecule has 0 radical (unpaired) electrons. The number of aliphatic hydroxyl groups is 1. The molecule has 0 aliphatic rings. The summed E-state index contributed by atoms with van der Waals surface area (Å²) in [6.07, 6.45) is -0.780. The average Bonchev–Trinajstić information content (AvgIpc) is 2.53. The molecule has 2 aromatic carbocycles. The molecule has 2 rings (SSSR count). The van der Waals surface area contributed by atoms with Gasteiger partial charge in [0.1, 0.15) is 17.6 Å². The van der Waals surface area contributed by atoms with Crippen LogP contribution in [-0.4, -0.2) is 19.3 Å². The highest BCUT2D eigenvalue weighted by Crippen LogP contribution is 2.37. The molecule has 0 fully saturated rings. The van der Waals surface area contributed by atoms with Crippen LogP contribution in [0, 0.1) is 0 Å². The molecule has 0 heterocycles. The first-order valence-electron chi connectivity index (χ1n) is 7.07. The third-order valence-electron chi connectivity index (χ3n) is 3.66. The molecular weight excluding hydrogens is 264 g/mol. The molecule has 3 heteroatoms. The Bertz CT molecular complexity index is 566. The number of aliphatic hydroxyl groups excluding tert-OH is 1. The number of benzene rings is 2. The van der Waals surface area contributed by atoms with Gasteiger partial charge in [0, 0.05) is 0 Å². The van der Waals surface area contributed by atoms with Crippen molar-refractivity contribution in [2.24, 2.45) is 0 Å². The van der Waals surface area contributed by atoms with Gasteiger partial charge >= 0.3 is 0 Å². The lowest BCUT2D eigenvalue weighted by Gasteiger charge is -2.19. The van der Waals surface area contributed by atoms with Crippen LogP contribution in [0.1, 0.15) is 42.6 Å². The Morgan fingerprint density at radius 1 is 0.810 bits per heavy atom. The first-order valence-corrected chi connectivity index (χ1v) is 7.07. The Labute approximate surface area is 126 Å². The highest BCUT2D eigenvalue weighted by molar-refractivity contribution is 5.49. The molecule has 21 heavy (non-hydrogen) atoms. The van der Waals surface area contributed by atoms with Crippen molar-refractivity contribution in [3.05, 3.63) is 59.2 Å². The number of hydrogen-bond donors (Lipinski definition) is 1. The maximum atomic E-state index is 10.7. The van der Waals surface area contributed by atoms with Crippen molar-refractivity contribution < 1.29 is 14.6 Å². The Morgan fingerprint density at radius 3 is 1.71 bits per heavy atom. The minimum atomic E-state index is -0.780. The summed E-state index contributed by atoms with van der Waals surface area (Å²) in [6, 6.07) is 13.5. The van der Waals surface area contributed by atoms with Crippen molar-refractivity contribution in [3.63, 3.8) is 0 Å². The first-order chi connectivity index (χ1) is 10.1. The average molecular weight is 286 g/mol. The van der Waals surface area contributed by atoms with Gasteiger partial charge in [0.25, 0.3) is 0 Å². The van der Waals surface area contributed by atoms with Crippen molar-refractivity contribution in [1.29, 1.82) is 0 Å². The molecule has 0 bridgehead atoms. The van der Waals surface area contributed by atoms with E-state index in [9.17, 15) is 5.11 Å². The number of methoxy groups -OCH3 is 2. The quantitative estimate of drug-likeness (QED) is 0.905. The lowest BCUT2D eigenvalue weighted by molar-refractivity contribution is 0.209. The van der Waals surface area contributed by atoms with Crippen LogP contribution < -0.4 is 9.47 Å². The molecule has 112 valence electrons. The fourth-order valence-electron chi connectivity index (χ4n) is 2.38. The van der Waals surface area contributed by atoms with Crippen LogP contribution in [0.25, 0.3) is 0 Å². The van der Waals surface area contributed by atoms with Crippen LogP contribution in [0.4, 0.5) is 0 Å². The van der Waals surface area contributed by atoms with E-state index < -0.39 is 6.10 Å². The van der Waals surface area contributed by atoms with Crippen molar-refractivity contribution >= 4 is 0 Å². The monoisotopic (exact) mass is 286 g/mol. The second-order valence-corrected chi connectivity index (χ2v) is 5.30. The number of hydrogen-bond acceptors (Lipinski definition) is 3. The summed E-state index contributed by atoms with van der Waals surface area (Å²) in [6.45, 7) is 4.30. The van der Waals surface area contributed by atoms with Gasteiger partial charge in [-0.3, -0.25) is 0 Å². The van der Waals surface area contributed by atoms with Crippen molar-refractivity contribution in [1.82, 2.24) is 0 Å². The Morgan fingerprint density at radius 2 is 1.29 bits per heavy atom. The summed E-state index contributed by atoms with van der Waals surface area (Å²) in [5, 5.41) is 10.7. The van der Waals surface area contributed by atoms with Crippen molar-refractivity contribution in [2.45, 2.75) is 25.9 Å². The summed E-state index contributed by atoms with van der Waals surface area (Å²) < 4.78 is 10.7. The fraction of sp³-hybridized carbons (Fsp3) is 0.333. The third kappa shape index (κ3) is 3.19. The minimum Gasteiger partial charge on any atom is -0.496 e. The van der Waals surface area contributed by atoms with Crippen LogP contribution in [0.3, 0.4) is 0 Å². The second-order valence-electron chi connectivity index (χ2n) is 5.30. The zero-order valence-electron chi connectivity index (χ0n) is 13.0. The van der Waals surface area contributed by atoms with E-state index in [1.807, 2.05) is 42.5 Å². The summed E-state index contributed by atoms with van der Waals surface area (Å²) in [5.41, 5.74) is 2.72. The molecule has 0 spiro atoms. The van der Waals surface area contributed by atoms with E-state index in [-0.39, 0.29) is 0 Å². The zero-order valence-corrected chi connectivity index (χ0v) is 13.0. The first kappa shape index (κ1) is 15.4. The van der Waals surface area contributed by atoms with Gasteiger partial charge in [-0.25, -0.2) is 0 Å². The van der Waals surface area contributed by atoms with Gasteiger partial charge in [-0.15, -0.1) is 0 Å². The van der Waals surface area contributed by atoms with E-state index in [4.69, 9.17) is 9.47 Å². The molecule has 0 aliphatic carbocycles. The van der Waals surface area contributed by atoms with Crippen molar-refractivity contribution in [3.8, 4) is 11.5 Å². The maximum Gasteiger partial charge on any atom is 0.128 e. The van der Waals surface area contributed by atoms with E-state index in [1.54, 1.807) is 14.2 Å². The summed E-state index contributed by atoms with van der Waals surface area (Å²) in [7, 11) is 3.18. The van der Waals surface area contributed by atoms with Crippen LogP contribution in [0.2, 0.25) is 0 Å². The summed E-state index contributed by atoms with van der Waals surface area (Å²) in [4.78, 5) is 0. The molecule has 0 saturated carbocycles. The predicted octanol–water partition coefficient (Wildman–Crippen LogP) is 3.91. The van der Waals surface area contributed by atoms with Crippen LogP contribution in [-0.2, 0) is 0 Å². The topological polar surface area (TPSA) is 38.7 Å². The zero-order chi connectivity index (χ0) is 15.4. The second kappa shape index (κ2) is 6.64. The van der Waals surface area contributed by atoms with Gasteiger partial charge in [-0.05, 0) is 29.2 Å². The van der Waals surface area contributed by atoms with Gasteiger partial charge in [-0.1, -0.05) is 44.2 Å². The Hall–Kier alpha value is -2.00. The molecule has 0 saturated heterocycles. The lowest BCUT2D eigenvalue weighted by Crippen LogP contribution is -2.05. The van der Waals surface area contributed by atoms with E-state index in [2.05, 4.69) is 13.8 Å². The molecule has 0 aliphatic heterocycles. The molecule has 0 aromatic heterocycles. The van der Waals surface area contributed by atoms with Crippen LogP contribution in [0.5, 0.6) is 11.5 Å². The van der Waals surface area contributed by atoms with Gasteiger partial charge in [0.05, 0.1) is 19.8 Å². The highest BCUT2D eigenvalue weighted by atomic mass is 16.5. The largest absolute Gasteiger partial charge is 0.496 e. The molecule has 2 aromatic rings. The van der Waals surface area contributed by atoms with Crippen molar-refractivity contribution in [2.75, 3.05) is 14.2 Å². The van der Waals surface area contributed by atoms with Crippen LogP contribution in [0.15, 0.2) is 42.5 Å². The summed E-state index contributed by atoms with van der Waals surface area (Å²) in [5.74, 6) is 1.71. The number of ether oxygens (including phenoxy) is 2. The lowest BCUT2D eigenvalue weighted by atomic mass is 9.96. The maximum absolute atomic E-state index is 10.7. The molecule has 1 N–H and O–H groups in total. The van der Waals surface area contributed by atoms with Gasteiger partial charge in [0.15, 0.2) is 0 Å². The smallest absolute Gasteiger partial charge is 0.128 e. The Balaban J connectivity index is 2.41. The Kier molecular flexibility index (Phi) is 4.86. The summed E-state index contributed by atoms with van der Waals surface area (Å²) >= 11 is 0. The molecule has 3 nitrogen and oxygen atoms in total. The van der Waals surface area contributed by atoms with Gasteiger partial charge < -0.3 is 14.6 Å². The van der Waals surface area contributed by atoms with Gasteiger partial charge in [0.2, 0.25) is 0 Å². The SMILES string of the molecule is COc1cccc(OC)c1C(O)c1ccc(C(C)C)cc1. The van der Waals surface area contributed by atoms with E-state index in [0.717, 1.165) is 5.56 Å². The van der Waals surface area contributed by atoms with E-state index >= 15 is 0 Å². The van der Waals surface area contributed by atoms with E-state index in [0.29, 0.717) is 23.0 Å². The normalized spacial score (nSPS) is 12.3. The third-order valence-corrected chi connectivity index (χ3v) is 3.66. The standard InChI is InChI=1S/C18H22O3/c1-12(2)13-8-10-14(11-9-13)18(19)17-15(20-3)6-5-7-16(17)21-4/h5-12,18-19H,1-4H3. The van der Waals surface area contributed by atoms with E-state index in [1.165, 1.54) is 5.56 Å². The molecule has 1 atom stereocenters. The fourth-order valence-corrected chi connectivity index (χ4v) is 2.38. The number of rotatable bonds is 5. The minimum absolute atomic E-state index is 0.469. The highest BCUT2D eigenvalue weighted by Gasteiger charge is 2.20. The molecular formula is C18H22O3. The molecule has 0 amide bonds. The van der Waals surface area contributed by atoms with Crippen LogP contribution >= 0.6 is 0 Å². The molecule has 1 unspecified atom stereocenters.